The van der Waals surface area contributed by atoms with Crippen LogP contribution in [0, 0.1) is 0 Å². The summed E-state index contributed by atoms with van der Waals surface area (Å²) in [4.78, 5) is 7.06. The molecule has 1 saturated heterocycles. The van der Waals surface area contributed by atoms with Crippen molar-refractivity contribution in [2.75, 3.05) is 24.7 Å². The largest absolute Gasteiger partial charge is 0.377 e. The fourth-order valence-corrected chi connectivity index (χ4v) is 2.35. The van der Waals surface area contributed by atoms with Crippen molar-refractivity contribution in [2.45, 2.75) is 39.3 Å². The number of hydrogen-bond donors (Lipinski definition) is 1. The highest BCUT2D eigenvalue weighted by Gasteiger charge is 2.31. The predicted molar refractivity (Wildman–Crippen MR) is 73.8 cm³/mol. The van der Waals surface area contributed by atoms with Crippen LogP contribution in [0.2, 0.25) is 0 Å². The predicted octanol–water partition coefficient (Wildman–Crippen LogP) is 1.72. The van der Waals surface area contributed by atoms with Crippen molar-refractivity contribution in [1.29, 1.82) is 0 Å². The zero-order chi connectivity index (χ0) is 13.2. The molecule has 0 bridgehead atoms. The lowest BCUT2D eigenvalue weighted by atomic mass is 10.0. The Hall–Kier alpha value is -1.13. The van der Waals surface area contributed by atoms with Crippen LogP contribution in [0.15, 0.2) is 12.1 Å². The number of ether oxygens (including phenoxy) is 1. The van der Waals surface area contributed by atoms with Crippen molar-refractivity contribution in [3.63, 3.8) is 0 Å². The number of rotatable bonds is 3. The second-order valence-corrected chi connectivity index (χ2v) is 5.40. The van der Waals surface area contributed by atoms with E-state index in [0.29, 0.717) is 6.54 Å². The Morgan fingerprint density at radius 1 is 1.44 bits per heavy atom. The van der Waals surface area contributed by atoms with Gasteiger partial charge in [-0.1, -0.05) is 6.92 Å². The lowest BCUT2D eigenvalue weighted by Crippen LogP contribution is -2.53. The van der Waals surface area contributed by atoms with E-state index < -0.39 is 0 Å². The van der Waals surface area contributed by atoms with Crippen molar-refractivity contribution >= 4 is 5.82 Å². The van der Waals surface area contributed by atoms with Gasteiger partial charge < -0.3 is 15.4 Å². The molecule has 1 aliphatic heterocycles. The summed E-state index contributed by atoms with van der Waals surface area (Å²) in [6.07, 6.45) is 0.936. The third-order valence-corrected chi connectivity index (χ3v) is 3.44. The Morgan fingerprint density at radius 2 is 2.22 bits per heavy atom. The topological polar surface area (TPSA) is 51.4 Å². The number of anilines is 1. The number of hydrogen-bond acceptors (Lipinski definition) is 4. The summed E-state index contributed by atoms with van der Waals surface area (Å²) in [6, 6.07) is 4.20. The van der Waals surface area contributed by atoms with Crippen LogP contribution in [0.4, 0.5) is 5.82 Å². The van der Waals surface area contributed by atoms with Crippen molar-refractivity contribution in [3.05, 3.63) is 23.4 Å². The molecule has 0 aromatic carbocycles. The van der Waals surface area contributed by atoms with Gasteiger partial charge in [-0.15, -0.1) is 0 Å². The van der Waals surface area contributed by atoms with Crippen molar-refractivity contribution in [2.24, 2.45) is 5.73 Å². The molecule has 0 aliphatic carbocycles. The molecule has 100 valence electrons. The minimum atomic E-state index is -0.0104. The molecule has 0 saturated carbocycles. The Balaban J connectivity index is 2.36. The second kappa shape index (κ2) is 5.24. The lowest BCUT2D eigenvalue weighted by Gasteiger charge is -2.43. The highest BCUT2D eigenvalue weighted by atomic mass is 16.5. The summed E-state index contributed by atoms with van der Waals surface area (Å²) in [7, 11) is 0. The molecule has 2 heterocycles. The van der Waals surface area contributed by atoms with Crippen molar-refractivity contribution in [1.82, 2.24) is 4.98 Å². The molecule has 2 N–H and O–H groups in total. The maximum Gasteiger partial charge on any atom is 0.129 e. The van der Waals surface area contributed by atoms with Crippen LogP contribution >= 0.6 is 0 Å². The average Bonchev–Trinajstić information content (AvgIpc) is 2.37. The van der Waals surface area contributed by atoms with E-state index in [1.54, 1.807) is 0 Å². The van der Waals surface area contributed by atoms with E-state index in [9.17, 15) is 0 Å². The van der Waals surface area contributed by atoms with E-state index in [1.807, 2.05) is 0 Å². The molecule has 0 unspecified atom stereocenters. The number of pyridine rings is 1. The summed E-state index contributed by atoms with van der Waals surface area (Å²) >= 11 is 0. The third-order valence-electron chi connectivity index (χ3n) is 3.44. The number of aryl methyl sites for hydroxylation is 1. The van der Waals surface area contributed by atoms with E-state index in [-0.39, 0.29) is 5.54 Å². The quantitative estimate of drug-likeness (QED) is 0.886. The Kier molecular flexibility index (Phi) is 3.88. The molecular formula is C14H23N3O. The zero-order valence-corrected chi connectivity index (χ0v) is 11.6. The average molecular weight is 249 g/mol. The van der Waals surface area contributed by atoms with E-state index >= 15 is 0 Å². The molecule has 0 radical (unpaired) electrons. The number of nitrogens with zero attached hydrogens (tertiary/aromatic N) is 2. The van der Waals surface area contributed by atoms with E-state index in [1.165, 1.54) is 0 Å². The second-order valence-electron chi connectivity index (χ2n) is 5.40. The Morgan fingerprint density at radius 3 is 2.83 bits per heavy atom. The summed E-state index contributed by atoms with van der Waals surface area (Å²) in [5, 5.41) is 0. The van der Waals surface area contributed by atoms with E-state index in [2.05, 4.69) is 37.8 Å². The Bertz CT molecular complexity index is 395. The van der Waals surface area contributed by atoms with Crippen LogP contribution < -0.4 is 10.6 Å². The Labute approximate surface area is 109 Å². The normalized spacial score (nSPS) is 19.0. The maximum absolute atomic E-state index is 5.77. The molecule has 4 heteroatoms. The minimum absolute atomic E-state index is 0.0104. The number of aromatic nitrogens is 1. The number of nitrogens with two attached hydrogens (primary N) is 1. The van der Waals surface area contributed by atoms with Gasteiger partial charge in [0.15, 0.2) is 0 Å². The number of morpholine rings is 1. The first-order valence-electron chi connectivity index (χ1n) is 6.62. The first-order valence-corrected chi connectivity index (χ1v) is 6.62. The summed E-state index contributed by atoms with van der Waals surface area (Å²) in [5.41, 5.74) is 8.02. The zero-order valence-electron chi connectivity index (χ0n) is 11.6. The molecule has 18 heavy (non-hydrogen) atoms. The fraction of sp³-hybridized carbons (Fsp3) is 0.643. The molecule has 0 amide bonds. The van der Waals surface area contributed by atoms with Gasteiger partial charge in [0.2, 0.25) is 0 Å². The summed E-state index contributed by atoms with van der Waals surface area (Å²) in [5.74, 6) is 1.03. The van der Waals surface area contributed by atoms with Crippen LogP contribution in [0.1, 0.15) is 32.0 Å². The molecule has 1 aliphatic rings. The van der Waals surface area contributed by atoms with Gasteiger partial charge in [-0.2, -0.15) is 0 Å². The first-order chi connectivity index (χ1) is 8.56. The molecule has 1 aromatic rings. The molecule has 0 atom stereocenters. The molecular weight excluding hydrogens is 226 g/mol. The van der Waals surface area contributed by atoms with Gasteiger partial charge in [-0.05, 0) is 38.0 Å². The highest BCUT2D eigenvalue weighted by molar-refractivity contribution is 5.46. The summed E-state index contributed by atoms with van der Waals surface area (Å²) in [6.45, 7) is 9.45. The van der Waals surface area contributed by atoms with Gasteiger partial charge >= 0.3 is 0 Å². The van der Waals surface area contributed by atoms with E-state index in [0.717, 1.165) is 43.3 Å². The fourth-order valence-electron chi connectivity index (χ4n) is 2.35. The molecule has 1 aromatic heterocycles. The van der Waals surface area contributed by atoms with Gasteiger partial charge in [-0.25, -0.2) is 4.98 Å². The van der Waals surface area contributed by atoms with Crippen LogP contribution in [-0.4, -0.2) is 30.3 Å². The van der Waals surface area contributed by atoms with Gasteiger partial charge in [-0.3, -0.25) is 0 Å². The standard InChI is InChI=1S/C14H23N3O/c1-4-12-7-11(9-15)8-13(16-12)17-5-6-18-10-14(17,2)3/h7-8H,4-6,9-10,15H2,1-3H3. The van der Waals surface area contributed by atoms with Crippen molar-refractivity contribution < 1.29 is 4.74 Å². The van der Waals surface area contributed by atoms with Crippen LogP contribution in [-0.2, 0) is 17.7 Å². The molecule has 1 fully saturated rings. The van der Waals surface area contributed by atoms with Gasteiger partial charge in [0.1, 0.15) is 5.82 Å². The third kappa shape index (κ3) is 2.65. The van der Waals surface area contributed by atoms with Gasteiger partial charge in [0.25, 0.3) is 0 Å². The smallest absolute Gasteiger partial charge is 0.129 e. The highest BCUT2D eigenvalue weighted by Crippen LogP contribution is 2.26. The van der Waals surface area contributed by atoms with E-state index in [4.69, 9.17) is 15.5 Å². The van der Waals surface area contributed by atoms with Gasteiger partial charge in [0.05, 0.1) is 18.8 Å². The molecule has 0 spiro atoms. The SMILES string of the molecule is CCc1cc(CN)cc(N2CCOCC2(C)C)n1. The van der Waals surface area contributed by atoms with Crippen LogP contribution in [0.25, 0.3) is 0 Å². The van der Waals surface area contributed by atoms with Gasteiger partial charge in [0, 0.05) is 18.8 Å². The lowest BCUT2D eigenvalue weighted by molar-refractivity contribution is 0.0639. The monoisotopic (exact) mass is 249 g/mol. The molecule has 4 nitrogen and oxygen atoms in total. The summed E-state index contributed by atoms with van der Waals surface area (Å²) < 4.78 is 5.56. The molecule has 2 rings (SSSR count). The first kappa shape index (κ1) is 13.3. The minimum Gasteiger partial charge on any atom is -0.377 e. The van der Waals surface area contributed by atoms with Crippen LogP contribution in [0.3, 0.4) is 0 Å². The maximum atomic E-state index is 5.77. The van der Waals surface area contributed by atoms with Crippen LogP contribution in [0.5, 0.6) is 0 Å². The van der Waals surface area contributed by atoms with Crippen molar-refractivity contribution in [3.8, 4) is 0 Å².